The van der Waals surface area contributed by atoms with E-state index in [1.54, 1.807) is 12.1 Å². The van der Waals surface area contributed by atoms with Crippen molar-refractivity contribution in [3.8, 4) is 0 Å². The van der Waals surface area contributed by atoms with Gasteiger partial charge in [0.05, 0.1) is 26.3 Å². The molecule has 0 saturated carbocycles. The molecule has 0 unspecified atom stereocenters. The number of anilines is 2. The van der Waals surface area contributed by atoms with Crippen molar-refractivity contribution in [2.45, 2.75) is 4.90 Å². The monoisotopic (exact) mass is 472 g/mol. The summed E-state index contributed by atoms with van der Waals surface area (Å²) in [7, 11) is -4.14. The van der Waals surface area contributed by atoms with Crippen molar-refractivity contribution < 1.29 is 17.6 Å². The van der Waals surface area contributed by atoms with Crippen LogP contribution in [-0.4, -0.2) is 14.3 Å². The first-order chi connectivity index (χ1) is 13.7. The Morgan fingerprint density at radius 1 is 0.897 bits per heavy atom. The van der Waals surface area contributed by atoms with E-state index in [2.05, 4.69) is 10.0 Å². The lowest BCUT2D eigenvalue weighted by Crippen LogP contribution is -2.15. The number of halogens is 4. The molecular formula is C19H12Cl3FN2O3S. The quantitative estimate of drug-likeness (QED) is 0.489. The predicted molar refractivity (Wildman–Crippen MR) is 113 cm³/mol. The van der Waals surface area contributed by atoms with Crippen molar-refractivity contribution in [1.82, 2.24) is 0 Å². The SMILES string of the molecule is O=C(Nc1ccc(S(=O)(=O)Nc2cccc(Cl)c2Cl)cc1F)c1cccc(Cl)c1. The fourth-order valence-electron chi connectivity index (χ4n) is 2.37. The maximum atomic E-state index is 14.4. The summed E-state index contributed by atoms with van der Waals surface area (Å²) in [5.74, 6) is -1.52. The highest BCUT2D eigenvalue weighted by Gasteiger charge is 2.19. The van der Waals surface area contributed by atoms with Gasteiger partial charge in [0, 0.05) is 10.6 Å². The molecule has 0 bridgehead atoms. The van der Waals surface area contributed by atoms with Gasteiger partial charge < -0.3 is 5.32 Å². The molecule has 0 aliphatic rings. The molecule has 1 amide bonds. The van der Waals surface area contributed by atoms with E-state index < -0.39 is 21.7 Å². The van der Waals surface area contributed by atoms with Crippen LogP contribution in [0, 0.1) is 5.82 Å². The molecule has 5 nitrogen and oxygen atoms in total. The Kier molecular flexibility index (Phi) is 6.33. The third-order valence-corrected chi connectivity index (χ3v) is 6.20. The molecule has 2 N–H and O–H groups in total. The van der Waals surface area contributed by atoms with E-state index in [4.69, 9.17) is 34.8 Å². The van der Waals surface area contributed by atoms with Crippen molar-refractivity contribution in [3.63, 3.8) is 0 Å². The normalized spacial score (nSPS) is 11.2. The van der Waals surface area contributed by atoms with E-state index in [1.807, 2.05) is 0 Å². The average Bonchev–Trinajstić information content (AvgIpc) is 2.67. The van der Waals surface area contributed by atoms with Crippen molar-refractivity contribution in [2.24, 2.45) is 0 Å². The highest BCUT2D eigenvalue weighted by molar-refractivity contribution is 7.92. The molecule has 0 atom stereocenters. The van der Waals surface area contributed by atoms with Gasteiger partial charge in [0.1, 0.15) is 5.82 Å². The zero-order valence-corrected chi connectivity index (χ0v) is 17.5. The maximum absolute atomic E-state index is 14.4. The van der Waals surface area contributed by atoms with Crippen LogP contribution >= 0.6 is 34.8 Å². The van der Waals surface area contributed by atoms with E-state index in [-0.39, 0.29) is 31.9 Å². The van der Waals surface area contributed by atoms with Crippen LogP contribution < -0.4 is 10.0 Å². The molecule has 3 aromatic rings. The van der Waals surface area contributed by atoms with E-state index >= 15 is 0 Å². The molecule has 0 spiro atoms. The van der Waals surface area contributed by atoms with Crippen molar-refractivity contribution in [2.75, 3.05) is 10.0 Å². The molecule has 10 heteroatoms. The molecule has 0 aliphatic carbocycles. The fourth-order valence-corrected chi connectivity index (χ4v) is 4.05. The summed E-state index contributed by atoms with van der Waals surface area (Å²) in [5, 5.41) is 2.91. The number of carbonyl (C=O) groups is 1. The first-order valence-corrected chi connectivity index (χ1v) is 10.6. The molecule has 0 fully saturated rings. The van der Waals surface area contributed by atoms with Gasteiger partial charge in [-0.15, -0.1) is 0 Å². The Morgan fingerprint density at radius 3 is 2.31 bits per heavy atom. The van der Waals surface area contributed by atoms with Crippen LogP contribution in [0.3, 0.4) is 0 Å². The Hall–Kier alpha value is -2.32. The van der Waals surface area contributed by atoms with Crippen molar-refractivity contribution >= 4 is 62.1 Å². The summed E-state index contributed by atoms with van der Waals surface area (Å²) in [5.41, 5.74) is 0.0958. The third kappa shape index (κ3) is 5.00. The molecule has 150 valence electrons. The van der Waals surface area contributed by atoms with E-state index in [0.717, 1.165) is 18.2 Å². The van der Waals surface area contributed by atoms with Gasteiger partial charge in [-0.25, -0.2) is 12.8 Å². The predicted octanol–water partition coefficient (Wildman–Crippen LogP) is 5.84. The number of nitrogens with one attached hydrogen (secondary N) is 2. The zero-order chi connectivity index (χ0) is 21.2. The minimum absolute atomic E-state index is 0.0172. The molecule has 0 saturated heterocycles. The van der Waals surface area contributed by atoms with Crippen LogP contribution in [0.15, 0.2) is 65.6 Å². The second kappa shape index (κ2) is 8.59. The number of rotatable bonds is 5. The third-order valence-electron chi connectivity index (χ3n) is 3.78. The van der Waals surface area contributed by atoms with Crippen LogP contribution in [0.4, 0.5) is 15.8 Å². The molecule has 0 aromatic heterocycles. The largest absolute Gasteiger partial charge is 0.319 e. The summed E-state index contributed by atoms with van der Waals surface area (Å²) in [6.07, 6.45) is 0. The fraction of sp³-hybridized carbons (Fsp3) is 0. The summed E-state index contributed by atoms with van der Waals surface area (Å²) >= 11 is 17.7. The summed E-state index contributed by atoms with van der Waals surface area (Å²) < 4.78 is 41.7. The molecule has 0 radical (unpaired) electrons. The number of amides is 1. The molecule has 29 heavy (non-hydrogen) atoms. The van der Waals surface area contributed by atoms with E-state index in [0.29, 0.717) is 5.02 Å². The van der Waals surface area contributed by atoms with Gasteiger partial charge in [0.2, 0.25) is 0 Å². The van der Waals surface area contributed by atoms with Crippen LogP contribution in [-0.2, 0) is 10.0 Å². The van der Waals surface area contributed by atoms with Crippen molar-refractivity contribution in [3.05, 3.63) is 87.1 Å². The van der Waals surface area contributed by atoms with Gasteiger partial charge in [0.15, 0.2) is 0 Å². The average molecular weight is 474 g/mol. The van der Waals surface area contributed by atoms with Crippen LogP contribution in [0.1, 0.15) is 10.4 Å². The van der Waals surface area contributed by atoms with Gasteiger partial charge in [0.25, 0.3) is 15.9 Å². The first-order valence-electron chi connectivity index (χ1n) is 8.01. The number of hydrogen-bond donors (Lipinski definition) is 2. The van der Waals surface area contributed by atoms with Gasteiger partial charge in [-0.3, -0.25) is 9.52 Å². The van der Waals surface area contributed by atoms with Gasteiger partial charge in [-0.05, 0) is 48.5 Å². The topological polar surface area (TPSA) is 75.3 Å². The minimum atomic E-state index is -4.14. The Morgan fingerprint density at radius 2 is 1.62 bits per heavy atom. The summed E-state index contributed by atoms with van der Waals surface area (Å²) in [4.78, 5) is 11.9. The van der Waals surface area contributed by atoms with Crippen molar-refractivity contribution in [1.29, 1.82) is 0 Å². The van der Waals surface area contributed by atoms with Crippen LogP contribution in [0.25, 0.3) is 0 Å². The summed E-state index contributed by atoms with van der Waals surface area (Å²) in [6, 6.07) is 13.6. The van der Waals surface area contributed by atoms with E-state index in [9.17, 15) is 17.6 Å². The van der Waals surface area contributed by atoms with Gasteiger partial charge in [-0.1, -0.05) is 46.9 Å². The van der Waals surface area contributed by atoms with E-state index in [1.165, 1.54) is 30.3 Å². The first kappa shape index (κ1) is 21.4. The number of benzene rings is 3. The molecule has 0 heterocycles. The molecule has 3 aromatic carbocycles. The Bertz CT molecular complexity index is 1200. The van der Waals surface area contributed by atoms with Gasteiger partial charge in [-0.2, -0.15) is 0 Å². The standard InChI is InChI=1S/C19H12Cl3FN2O3S/c20-12-4-1-3-11(9-12)19(26)24-16-8-7-13(10-15(16)23)29(27,28)25-17-6-2-5-14(21)18(17)22/h1-10,25H,(H,24,26). The Labute approximate surface area is 181 Å². The number of hydrogen-bond acceptors (Lipinski definition) is 3. The summed E-state index contributed by atoms with van der Waals surface area (Å²) in [6.45, 7) is 0. The highest BCUT2D eigenvalue weighted by Crippen LogP contribution is 2.31. The smallest absolute Gasteiger partial charge is 0.262 e. The maximum Gasteiger partial charge on any atom is 0.262 e. The van der Waals surface area contributed by atoms with Crippen LogP contribution in [0.2, 0.25) is 15.1 Å². The number of carbonyl (C=O) groups excluding carboxylic acids is 1. The lowest BCUT2D eigenvalue weighted by molar-refractivity contribution is 0.102. The molecular weight excluding hydrogens is 462 g/mol. The zero-order valence-electron chi connectivity index (χ0n) is 14.4. The highest BCUT2D eigenvalue weighted by atomic mass is 35.5. The second-order valence-electron chi connectivity index (χ2n) is 5.81. The Balaban J connectivity index is 1.83. The van der Waals surface area contributed by atoms with Gasteiger partial charge >= 0.3 is 0 Å². The minimum Gasteiger partial charge on any atom is -0.319 e. The molecule has 0 aliphatic heterocycles. The second-order valence-corrected chi connectivity index (χ2v) is 8.72. The lowest BCUT2D eigenvalue weighted by Gasteiger charge is -2.12. The number of sulfonamides is 1. The molecule has 3 rings (SSSR count). The lowest BCUT2D eigenvalue weighted by atomic mass is 10.2. The van der Waals surface area contributed by atoms with Crippen LogP contribution in [0.5, 0.6) is 0 Å².